The molecule has 0 aliphatic rings. The van der Waals surface area contributed by atoms with E-state index in [1.54, 1.807) is 24.3 Å². The molecule has 1 atom stereocenters. The van der Waals surface area contributed by atoms with Gasteiger partial charge in [0.15, 0.2) is 0 Å². The second kappa shape index (κ2) is 7.21. The number of aromatic nitrogens is 1. The van der Waals surface area contributed by atoms with Crippen molar-refractivity contribution in [1.82, 2.24) is 9.29 Å². The average molecular weight is 429 g/mol. The first-order chi connectivity index (χ1) is 11.5. The molecule has 2 N–H and O–H groups in total. The van der Waals surface area contributed by atoms with Crippen LogP contribution in [0.3, 0.4) is 0 Å². The van der Waals surface area contributed by atoms with Crippen molar-refractivity contribution >= 4 is 32.0 Å². The highest BCUT2D eigenvalue weighted by Crippen LogP contribution is 2.27. The van der Waals surface area contributed by atoms with Crippen molar-refractivity contribution in [3.8, 4) is 0 Å². The Morgan fingerprint density at radius 1 is 1.28 bits per heavy atom. The predicted octanol–water partition coefficient (Wildman–Crippen LogP) is 3.71. The smallest absolute Gasteiger partial charge is 0.404 e. The minimum atomic E-state index is -3.71. The lowest BCUT2D eigenvalue weighted by Crippen LogP contribution is -2.44. The van der Waals surface area contributed by atoms with E-state index in [1.165, 1.54) is 18.3 Å². The zero-order valence-corrected chi connectivity index (χ0v) is 16.6. The third kappa shape index (κ3) is 4.64. The van der Waals surface area contributed by atoms with Gasteiger partial charge in [-0.15, -0.1) is 0 Å². The molecule has 1 aromatic heterocycles. The molecule has 1 unspecified atom stereocenters. The highest BCUT2D eigenvalue weighted by molar-refractivity contribution is 9.10. The number of hydrogen-bond donors (Lipinski definition) is 2. The molecular weight excluding hydrogens is 408 g/mol. The van der Waals surface area contributed by atoms with Crippen LogP contribution in [0.4, 0.5) is 4.79 Å². The van der Waals surface area contributed by atoms with E-state index in [0.29, 0.717) is 11.0 Å². The summed E-state index contributed by atoms with van der Waals surface area (Å²) in [5.41, 5.74) is 0.408. The second-order valence-corrected chi connectivity index (χ2v) is 9.48. The lowest BCUT2D eigenvalue weighted by Gasteiger charge is -2.30. The van der Waals surface area contributed by atoms with Crippen molar-refractivity contribution in [2.45, 2.75) is 38.1 Å². The Kier molecular flexibility index (Phi) is 5.63. The van der Waals surface area contributed by atoms with Gasteiger partial charge in [-0.2, -0.15) is 0 Å². The summed E-state index contributed by atoms with van der Waals surface area (Å²) in [6.07, 6.45) is 0.802. The van der Waals surface area contributed by atoms with Crippen molar-refractivity contribution in [2.75, 3.05) is 0 Å². The lowest BCUT2D eigenvalue weighted by atomic mass is 9.83. The quantitative estimate of drug-likeness (QED) is 0.759. The van der Waals surface area contributed by atoms with Gasteiger partial charge in [0.1, 0.15) is 4.60 Å². The highest BCUT2D eigenvalue weighted by atomic mass is 79.9. The first-order valence-corrected chi connectivity index (χ1v) is 9.92. The normalized spacial score (nSPS) is 13.4. The fourth-order valence-corrected chi connectivity index (χ4v) is 4.68. The van der Waals surface area contributed by atoms with E-state index in [1.807, 2.05) is 20.8 Å². The van der Waals surface area contributed by atoms with Crippen molar-refractivity contribution in [3.05, 3.63) is 52.8 Å². The largest absolute Gasteiger partial charge is 0.465 e. The summed E-state index contributed by atoms with van der Waals surface area (Å²) in [6.45, 7) is 5.79. The third-order valence-corrected chi connectivity index (χ3v) is 6.41. The average Bonchev–Trinajstić information content (AvgIpc) is 2.87. The molecule has 0 saturated carbocycles. The molecule has 6 nitrogen and oxygen atoms in total. The minimum Gasteiger partial charge on any atom is -0.465 e. The van der Waals surface area contributed by atoms with Gasteiger partial charge in [0, 0.05) is 12.2 Å². The van der Waals surface area contributed by atoms with Crippen LogP contribution in [0.1, 0.15) is 26.3 Å². The van der Waals surface area contributed by atoms with Crippen LogP contribution in [0.25, 0.3) is 0 Å². The molecule has 8 heteroatoms. The van der Waals surface area contributed by atoms with Crippen LogP contribution in [-0.2, 0) is 16.4 Å². The van der Waals surface area contributed by atoms with Crippen molar-refractivity contribution in [3.63, 3.8) is 0 Å². The molecule has 2 aromatic rings. The number of nitrogens with one attached hydrogen (secondary N) is 1. The maximum atomic E-state index is 12.8. The molecule has 0 aliphatic carbocycles. The molecule has 136 valence electrons. The van der Waals surface area contributed by atoms with Crippen molar-refractivity contribution < 1.29 is 18.3 Å². The summed E-state index contributed by atoms with van der Waals surface area (Å²) in [7, 11) is -3.71. The lowest BCUT2D eigenvalue weighted by molar-refractivity contribution is 0.174. The monoisotopic (exact) mass is 428 g/mol. The summed E-state index contributed by atoms with van der Waals surface area (Å²) in [5.74, 6) is 0. The SMILES string of the molecule is CC(C)(C)C(Cc1cc(Br)n(S(=O)(=O)c2ccccc2)c1)NC(=O)O. The van der Waals surface area contributed by atoms with Crippen LogP contribution in [0.15, 0.2) is 52.1 Å². The molecular formula is C17H21BrN2O4S. The van der Waals surface area contributed by atoms with Crippen molar-refractivity contribution in [2.24, 2.45) is 5.41 Å². The predicted molar refractivity (Wildman–Crippen MR) is 99.3 cm³/mol. The van der Waals surface area contributed by atoms with Crippen LogP contribution in [-0.4, -0.2) is 29.6 Å². The molecule has 1 aromatic carbocycles. The van der Waals surface area contributed by atoms with Crippen molar-refractivity contribution in [1.29, 1.82) is 0 Å². The number of carboxylic acid groups (broad SMARTS) is 1. The summed E-state index contributed by atoms with van der Waals surface area (Å²) < 4.78 is 27.1. The first kappa shape index (κ1) is 19.5. The van der Waals surface area contributed by atoms with Gasteiger partial charge in [0.25, 0.3) is 10.0 Å². The molecule has 0 aliphatic heterocycles. The number of halogens is 1. The minimum absolute atomic E-state index is 0.189. The number of nitrogens with zero attached hydrogens (tertiary/aromatic N) is 1. The van der Waals surface area contributed by atoms with Crippen LogP contribution in [0.5, 0.6) is 0 Å². The van der Waals surface area contributed by atoms with Gasteiger partial charge in [0.05, 0.1) is 4.90 Å². The van der Waals surface area contributed by atoms with Crippen LogP contribution >= 0.6 is 15.9 Å². The Morgan fingerprint density at radius 3 is 2.40 bits per heavy atom. The molecule has 1 amide bonds. The Balaban J connectivity index is 2.35. The Hall–Kier alpha value is -1.80. The van der Waals surface area contributed by atoms with E-state index in [0.717, 1.165) is 9.54 Å². The fraction of sp³-hybridized carbons (Fsp3) is 0.353. The van der Waals surface area contributed by atoms with E-state index in [4.69, 9.17) is 5.11 Å². The third-order valence-electron chi connectivity index (χ3n) is 3.88. The maximum Gasteiger partial charge on any atom is 0.404 e. The zero-order valence-electron chi connectivity index (χ0n) is 14.2. The number of rotatable bonds is 5. The summed E-state index contributed by atoms with van der Waals surface area (Å²) in [4.78, 5) is 11.2. The Bertz CT molecular complexity index is 855. The maximum absolute atomic E-state index is 12.8. The van der Waals surface area contributed by atoms with Gasteiger partial charge in [0.2, 0.25) is 0 Å². The summed E-state index contributed by atoms with van der Waals surface area (Å²) in [6, 6.07) is 9.49. The topological polar surface area (TPSA) is 88.4 Å². The van der Waals surface area contributed by atoms with Gasteiger partial charge >= 0.3 is 6.09 Å². The highest BCUT2D eigenvalue weighted by Gasteiger charge is 2.28. The fourth-order valence-electron chi connectivity index (χ4n) is 2.43. The molecule has 2 rings (SSSR count). The Labute approximate surface area is 156 Å². The van der Waals surface area contributed by atoms with E-state index < -0.39 is 16.1 Å². The van der Waals surface area contributed by atoms with Gasteiger partial charge < -0.3 is 10.4 Å². The van der Waals surface area contributed by atoms with Crippen LogP contribution in [0.2, 0.25) is 0 Å². The molecule has 0 saturated heterocycles. The Morgan fingerprint density at radius 2 is 1.88 bits per heavy atom. The van der Waals surface area contributed by atoms with Gasteiger partial charge in [-0.3, -0.25) is 0 Å². The number of carbonyl (C=O) groups is 1. The van der Waals surface area contributed by atoms with Gasteiger partial charge in [-0.25, -0.2) is 17.2 Å². The van der Waals surface area contributed by atoms with E-state index in [2.05, 4.69) is 21.2 Å². The second-order valence-electron chi connectivity index (χ2n) is 6.86. The number of amides is 1. The molecule has 0 fully saturated rings. The molecule has 1 heterocycles. The van der Waals surface area contributed by atoms with Gasteiger partial charge in [-0.05, 0) is 51.5 Å². The molecule has 0 bridgehead atoms. The van der Waals surface area contributed by atoms with Gasteiger partial charge in [-0.1, -0.05) is 39.0 Å². The standard InChI is InChI=1S/C17H21BrN2O4S/c1-17(2,3)14(19-16(21)22)9-12-10-15(18)20(11-12)25(23,24)13-7-5-4-6-8-13/h4-8,10-11,14,19H,9H2,1-3H3,(H,21,22). The number of benzene rings is 1. The number of hydrogen-bond acceptors (Lipinski definition) is 3. The van der Waals surface area contributed by atoms with E-state index >= 15 is 0 Å². The van der Waals surface area contributed by atoms with E-state index in [-0.39, 0.29) is 16.4 Å². The molecule has 0 radical (unpaired) electrons. The van der Waals surface area contributed by atoms with E-state index in [9.17, 15) is 13.2 Å². The first-order valence-electron chi connectivity index (χ1n) is 7.68. The van der Waals surface area contributed by atoms with Crippen LogP contribution < -0.4 is 5.32 Å². The summed E-state index contributed by atoms with van der Waals surface area (Å²) >= 11 is 3.29. The van der Waals surface area contributed by atoms with Crippen LogP contribution in [0, 0.1) is 5.41 Å². The summed E-state index contributed by atoms with van der Waals surface area (Å²) in [5, 5.41) is 11.6. The molecule has 0 spiro atoms. The zero-order chi connectivity index (χ0) is 18.8. The molecule has 25 heavy (non-hydrogen) atoms.